The zero-order valence-electron chi connectivity index (χ0n) is 29.5. The summed E-state index contributed by atoms with van der Waals surface area (Å²) in [7, 11) is 0. The maximum atomic E-state index is 5.34. The fourth-order valence-electron chi connectivity index (χ4n) is 7.85. The maximum Gasteiger partial charge on any atom is 0.160 e. The first kappa shape index (κ1) is 31.6. The van der Waals surface area contributed by atoms with E-state index in [1.54, 1.807) is 0 Å². The van der Waals surface area contributed by atoms with Crippen LogP contribution in [-0.2, 0) is 0 Å². The first-order valence-electron chi connectivity index (χ1n) is 18.4. The second-order valence-corrected chi connectivity index (χ2v) is 13.8. The van der Waals surface area contributed by atoms with Crippen LogP contribution in [0.4, 0.5) is 0 Å². The highest BCUT2D eigenvalue weighted by Crippen LogP contribution is 2.41. The zero-order valence-corrected chi connectivity index (χ0v) is 29.5. The Kier molecular flexibility index (Phi) is 7.85. The van der Waals surface area contributed by atoms with E-state index in [-0.39, 0.29) is 0 Å². The summed E-state index contributed by atoms with van der Waals surface area (Å²) in [6.45, 7) is 0. The molecule has 0 N–H and O–H groups in total. The number of fused-ring (bicyclic) bond motifs is 4. The van der Waals surface area contributed by atoms with E-state index >= 15 is 0 Å². The molecule has 0 radical (unpaired) electrons. The van der Waals surface area contributed by atoms with Gasteiger partial charge in [-0.2, -0.15) is 0 Å². The standard InChI is InChI=1S/C52H34N2/c1-3-14-35(15-4-1)36-26-28-39(29-27-36)49-34-50(46-25-12-11-22-43(46)37-16-5-2-6-17-37)54-52(53-49)42-21-13-20-41(32-42)51-45-24-10-8-19-40(45)33-48-44-23-9-7-18-38(44)30-31-47(48)51/h1-34H. The van der Waals surface area contributed by atoms with Crippen LogP contribution in [0.15, 0.2) is 206 Å². The van der Waals surface area contributed by atoms with Crippen LogP contribution < -0.4 is 0 Å². The van der Waals surface area contributed by atoms with Crippen LogP contribution in [0, 0.1) is 0 Å². The van der Waals surface area contributed by atoms with Crippen molar-refractivity contribution in [2.75, 3.05) is 0 Å². The molecule has 0 spiro atoms. The third-order valence-corrected chi connectivity index (χ3v) is 10.5. The smallest absolute Gasteiger partial charge is 0.160 e. The fraction of sp³-hybridized carbons (Fsp3) is 0. The number of hydrogen-bond acceptors (Lipinski definition) is 2. The molecule has 0 bridgehead atoms. The van der Waals surface area contributed by atoms with Gasteiger partial charge in [0, 0.05) is 16.7 Å². The number of rotatable bonds is 6. The fourth-order valence-corrected chi connectivity index (χ4v) is 7.85. The minimum Gasteiger partial charge on any atom is -0.228 e. The zero-order chi connectivity index (χ0) is 35.8. The van der Waals surface area contributed by atoms with E-state index in [9.17, 15) is 0 Å². The molecule has 1 heterocycles. The van der Waals surface area contributed by atoms with Crippen molar-refractivity contribution in [3.63, 3.8) is 0 Å². The number of hydrogen-bond donors (Lipinski definition) is 0. The average molecular weight is 687 g/mol. The second kappa shape index (κ2) is 13.4. The van der Waals surface area contributed by atoms with Gasteiger partial charge >= 0.3 is 0 Å². The van der Waals surface area contributed by atoms with Crippen LogP contribution in [0.25, 0.3) is 99.6 Å². The number of aromatic nitrogens is 2. The highest BCUT2D eigenvalue weighted by atomic mass is 14.9. The van der Waals surface area contributed by atoms with Gasteiger partial charge in [0.25, 0.3) is 0 Å². The Morgan fingerprint density at radius 1 is 0.259 bits per heavy atom. The first-order valence-corrected chi connectivity index (χ1v) is 18.4. The third-order valence-electron chi connectivity index (χ3n) is 10.5. The lowest BCUT2D eigenvalue weighted by molar-refractivity contribution is 1.18. The van der Waals surface area contributed by atoms with Crippen molar-refractivity contribution in [1.29, 1.82) is 0 Å². The Bertz CT molecular complexity index is 2970. The molecule has 0 aliphatic rings. The van der Waals surface area contributed by atoms with E-state index in [0.29, 0.717) is 5.82 Å². The Morgan fingerprint density at radius 2 is 0.833 bits per heavy atom. The molecule has 0 aliphatic heterocycles. The van der Waals surface area contributed by atoms with Gasteiger partial charge in [0.1, 0.15) is 0 Å². The molecular weight excluding hydrogens is 653 g/mol. The molecule has 9 aromatic carbocycles. The molecular formula is C52H34N2. The van der Waals surface area contributed by atoms with Gasteiger partial charge < -0.3 is 0 Å². The van der Waals surface area contributed by atoms with E-state index in [2.05, 4.69) is 206 Å². The normalized spacial score (nSPS) is 11.3. The molecule has 0 saturated heterocycles. The van der Waals surface area contributed by atoms with Crippen molar-refractivity contribution in [3.05, 3.63) is 206 Å². The lowest BCUT2D eigenvalue weighted by Gasteiger charge is -2.16. The first-order chi connectivity index (χ1) is 26.8. The predicted octanol–water partition coefficient (Wildman–Crippen LogP) is 13.9. The van der Waals surface area contributed by atoms with E-state index < -0.39 is 0 Å². The van der Waals surface area contributed by atoms with E-state index in [0.717, 1.165) is 44.8 Å². The van der Waals surface area contributed by atoms with Crippen LogP contribution in [0.3, 0.4) is 0 Å². The molecule has 10 aromatic rings. The Labute approximate surface area is 314 Å². The summed E-state index contributed by atoms with van der Waals surface area (Å²) < 4.78 is 0. The topological polar surface area (TPSA) is 25.8 Å². The van der Waals surface area contributed by atoms with Gasteiger partial charge in [0.05, 0.1) is 11.4 Å². The van der Waals surface area contributed by atoms with Crippen molar-refractivity contribution in [1.82, 2.24) is 9.97 Å². The largest absolute Gasteiger partial charge is 0.228 e. The van der Waals surface area contributed by atoms with Gasteiger partial charge in [-0.15, -0.1) is 0 Å². The van der Waals surface area contributed by atoms with Crippen LogP contribution in [0.2, 0.25) is 0 Å². The third kappa shape index (κ3) is 5.71. The van der Waals surface area contributed by atoms with Crippen LogP contribution in [0.5, 0.6) is 0 Å². The SMILES string of the molecule is c1ccc(-c2ccc(-c3cc(-c4ccccc4-c4ccccc4)nc(-c4cccc(-c5c6ccccc6cc6c5ccc5ccccc56)c4)n3)cc2)cc1. The minimum atomic E-state index is 0.689. The van der Waals surface area contributed by atoms with E-state index in [4.69, 9.17) is 9.97 Å². The molecule has 1 aromatic heterocycles. The Hall–Kier alpha value is -7.16. The summed E-state index contributed by atoms with van der Waals surface area (Å²) in [5, 5.41) is 7.43. The summed E-state index contributed by atoms with van der Waals surface area (Å²) in [4.78, 5) is 10.6. The summed E-state index contributed by atoms with van der Waals surface area (Å²) >= 11 is 0. The van der Waals surface area contributed by atoms with Crippen molar-refractivity contribution >= 4 is 32.3 Å². The quantitative estimate of drug-likeness (QED) is 0.129. The summed E-state index contributed by atoms with van der Waals surface area (Å²) in [5.74, 6) is 0.689. The molecule has 0 amide bonds. The molecule has 0 unspecified atom stereocenters. The number of benzene rings is 9. The maximum absolute atomic E-state index is 5.34. The van der Waals surface area contributed by atoms with Crippen molar-refractivity contribution < 1.29 is 0 Å². The Balaban J connectivity index is 1.17. The van der Waals surface area contributed by atoms with Crippen LogP contribution >= 0.6 is 0 Å². The van der Waals surface area contributed by atoms with E-state index in [1.807, 2.05) is 0 Å². The molecule has 252 valence electrons. The monoisotopic (exact) mass is 686 g/mol. The molecule has 10 rings (SSSR count). The summed E-state index contributed by atoms with van der Waals surface area (Å²) in [6, 6.07) is 73.4. The highest BCUT2D eigenvalue weighted by molar-refractivity contribution is 6.20. The highest BCUT2D eigenvalue weighted by Gasteiger charge is 2.17. The van der Waals surface area contributed by atoms with Crippen molar-refractivity contribution in [3.8, 4) is 67.3 Å². The van der Waals surface area contributed by atoms with Crippen molar-refractivity contribution in [2.45, 2.75) is 0 Å². The molecule has 2 heteroatoms. The summed E-state index contributed by atoms with van der Waals surface area (Å²) in [6.07, 6.45) is 0. The predicted molar refractivity (Wildman–Crippen MR) is 227 cm³/mol. The van der Waals surface area contributed by atoms with Gasteiger partial charge in [0.15, 0.2) is 5.82 Å². The lowest BCUT2D eigenvalue weighted by atomic mass is 9.89. The molecule has 0 aliphatic carbocycles. The van der Waals surface area contributed by atoms with Gasteiger partial charge in [0.2, 0.25) is 0 Å². The molecule has 54 heavy (non-hydrogen) atoms. The van der Waals surface area contributed by atoms with Crippen LogP contribution in [-0.4, -0.2) is 9.97 Å². The lowest BCUT2D eigenvalue weighted by Crippen LogP contribution is -1.97. The molecule has 0 fully saturated rings. The molecule has 0 atom stereocenters. The van der Waals surface area contributed by atoms with Gasteiger partial charge in [-0.1, -0.05) is 188 Å². The average Bonchev–Trinajstić information content (AvgIpc) is 3.26. The van der Waals surface area contributed by atoms with Crippen molar-refractivity contribution in [2.24, 2.45) is 0 Å². The molecule has 2 nitrogen and oxygen atoms in total. The minimum absolute atomic E-state index is 0.689. The molecule has 0 saturated carbocycles. The summed E-state index contributed by atoms with van der Waals surface area (Å²) in [5.41, 5.74) is 11.8. The van der Waals surface area contributed by atoms with Gasteiger partial charge in [-0.25, -0.2) is 9.97 Å². The second-order valence-electron chi connectivity index (χ2n) is 13.8. The van der Waals surface area contributed by atoms with Gasteiger partial charge in [-0.3, -0.25) is 0 Å². The number of nitrogens with zero attached hydrogens (tertiary/aromatic N) is 2. The van der Waals surface area contributed by atoms with Gasteiger partial charge in [-0.05, 0) is 83.9 Å². The van der Waals surface area contributed by atoms with Crippen LogP contribution in [0.1, 0.15) is 0 Å². The van der Waals surface area contributed by atoms with E-state index in [1.165, 1.54) is 49.0 Å². The Morgan fingerprint density at radius 3 is 1.63 bits per heavy atom.